The first kappa shape index (κ1) is 24.1. The van der Waals surface area contributed by atoms with Gasteiger partial charge in [-0.15, -0.1) is 0 Å². The maximum atomic E-state index is 13.9. The smallest absolute Gasteiger partial charge is 0.282 e. The molecule has 0 unspecified atom stereocenters. The molecule has 0 aliphatic carbocycles. The fraction of sp³-hybridized carbons (Fsp3) is 0.0645. The lowest BCUT2D eigenvalue weighted by Gasteiger charge is -2.08. The van der Waals surface area contributed by atoms with Gasteiger partial charge in [-0.1, -0.05) is 36.4 Å². The van der Waals surface area contributed by atoms with Crippen molar-refractivity contribution in [1.29, 1.82) is 0 Å². The predicted octanol–water partition coefficient (Wildman–Crippen LogP) is 6.42. The molecule has 6 rings (SSSR count). The number of benzene rings is 4. The second-order valence-electron chi connectivity index (χ2n) is 8.75. The summed E-state index contributed by atoms with van der Waals surface area (Å²) in [5.74, 6) is 1.56. The number of nitrogens with zero attached hydrogens (tertiary/aromatic N) is 3. The molecule has 4 aromatic carbocycles. The molecule has 7 nitrogen and oxygen atoms in total. The molecule has 0 radical (unpaired) electrons. The zero-order chi connectivity index (χ0) is 26.8. The maximum Gasteiger partial charge on any atom is 0.282 e. The van der Waals surface area contributed by atoms with Gasteiger partial charge < -0.3 is 13.9 Å². The molecule has 0 saturated carbocycles. The van der Waals surface area contributed by atoms with Gasteiger partial charge in [-0.2, -0.15) is 9.78 Å². The molecule has 0 aliphatic rings. The summed E-state index contributed by atoms with van der Waals surface area (Å²) in [6.45, 7) is 0.115. The monoisotopic (exact) mass is 519 g/mol. The summed E-state index contributed by atoms with van der Waals surface area (Å²) in [4.78, 5) is 18.2. The quantitative estimate of drug-likeness (QED) is 0.228. The molecule has 0 aliphatic heterocycles. The second-order valence-corrected chi connectivity index (χ2v) is 8.75. The van der Waals surface area contributed by atoms with Crippen LogP contribution in [0.15, 0.2) is 111 Å². The van der Waals surface area contributed by atoms with Gasteiger partial charge in [-0.25, -0.2) is 9.37 Å². The van der Waals surface area contributed by atoms with E-state index in [-0.39, 0.29) is 23.8 Å². The number of hydrogen-bond donors (Lipinski definition) is 0. The summed E-state index contributed by atoms with van der Waals surface area (Å²) in [5, 5.41) is 5.68. The van der Waals surface area contributed by atoms with E-state index < -0.39 is 0 Å². The highest BCUT2D eigenvalue weighted by atomic mass is 19.1. The first-order valence-electron chi connectivity index (χ1n) is 12.2. The van der Waals surface area contributed by atoms with Crippen LogP contribution in [-0.4, -0.2) is 23.0 Å². The zero-order valence-electron chi connectivity index (χ0n) is 20.9. The van der Waals surface area contributed by atoms with Gasteiger partial charge in [0.25, 0.3) is 5.56 Å². The van der Waals surface area contributed by atoms with E-state index in [0.717, 1.165) is 10.9 Å². The van der Waals surface area contributed by atoms with E-state index in [0.29, 0.717) is 39.3 Å². The van der Waals surface area contributed by atoms with E-state index in [1.54, 1.807) is 80.1 Å². The van der Waals surface area contributed by atoms with Crippen LogP contribution in [0, 0.1) is 5.82 Å². The number of rotatable bonds is 7. The van der Waals surface area contributed by atoms with E-state index in [1.165, 1.54) is 10.7 Å². The summed E-state index contributed by atoms with van der Waals surface area (Å²) < 4.78 is 32.3. The Labute approximate surface area is 222 Å². The van der Waals surface area contributed by atoms with Crippen LogP contribution in [0.3, 0.4) is 0 Å². The third kappa shape index (κ3) is 4.75. The number of halogens is 1. The lowest BCUT2D eigenvalue weighted by Crippen LogP contribution is -2.20. The van der Waals surface area contributed by atoms with Crippen molar-refractivity contribution in [3.63, 3.8) is 0 Å². The summed E-state index contributed by atoms with van der Waals surface area (Å²) in [6, 6.07) is 28.0. The van der Waals surface area contributed by atoms with Crippen LogP contribution >= 0.6 is 0 Å². The number of aromatic nitrogens is 2. The SMILES string of the molecule is COc1cccc2oc(-c3nc4ccccc4c(=O)n3N=Cc3ccc(OCc4ccccc4F)cc3)cc12. The van der Waals surface area contributed by atoms with Gasteiger partial charge in [-0.3, -0.25) is 4.79 Å². The predicted molar refractivity (Wildman–Crippen MR) is 148 cm³/mol. The van der Waals surface area contributed by atoms with Crippen molar-refractivity contribution in [2.24, 2.45) is 5.10 Å². The van der Waals surface area contributed by atoms with Crippen molar-refractivity contribution in [1.82, 2.24) is 9.66 Å². The van der Waals surface area contributed by atoms with Crippen molar-refractivity contribution in [2.45, 2.75) is 6.61 Å². The number of fused-ring (bicyclic) bond motifs is 2. The van der Waals surface area contributed by atoms with E-state index in [1.807, 2.05) is 24.3 Å². The normalized spacial score (nSPS) is 11.4. The Morgan fingerprint density at radius 3 is 2.56 bits per heavy atom. The third-order valence-electron chi connectivity index (χ3n) is 6.27. The van der Waals surface area contributed by atoms with E-state index >= 15 is 0 Å². The van der Waals surface area contributed by atoms with Crippen molar-refractivity contribution < 1.29 is 18.3 Å². The molecule has 0 spiro atoms. The molecule has 0 fully saturated rings. The molecule has 2 aromatic heterocycles. The number of methoxy groups -OCH3 is 1. The Bertz CT molecular complexity index is 1890. The fourth-order valence-corrected chi connectivity index (χ4v) is 4.26. The van der Waals surface area contributed by atoms with Crippen LogP contribution < -0.4 is 15.0 Å². The number of para-hydroxylation sites is 1. The highest BCUT2D eigenvalue weighted by Gasteiger charge is 2.17. The zero-order valence-corrected chi connectivity index (χ0v) is 20.9. The molecular weight excluding hydrogens is 497 g/mol. The Hall–Kier alpha value is -5.24. The van der Waals surface area contributed by atoms with E-state index in [4.69, 9.17) is 18.9 Å². The molecule has 0 N–H and O–H groups in total. The molecule has 192 valence electrons. The van der Waals surface area contributed by atoms with Crippen LogP contribution in [0.4, 0.5) is 4.39 Å². The minimum atomic E-state index is -0.330. The van der Waals surface area contributed by atoms with Gasteiger partial charge in [0.1, 0.15) is 29.5 Å². The standard InChI is InChI=1S/C31H22FN3O4/c1-37-27-11-6-12-28-24(27)17-29(39-28)30-34-26-10-5-3-8-23(26)31(36)35(30)33-18-20-13-15-22(16-14-20)38-19-21-7-2-4-9-25(21)32/h2-18H,19H2,1H3. The Balaban J connectivity index is 1.34. The summed E-state index contributed by atoms with van der Waals surface area (Å²) >= 11 is 0. The van der Waals surface area contributed by atoms with Crippen LogP contribution in [-0.2, 0) is 6.61 Å². The average Bonchev–Trinajstić information content (AvgIpc) is 3.41. The molecule has 0 atom stereocenters. The molecular formula is C31H22FN3O4. The van der Waals surface area contributed by atoms with Gasteiger partial charge in [-0.05, 0) is 66.2 Å². The Morgan fingerprint density at radius 1 is 0.949 bits per heavy atom. The molecule has 2 heterocycles. The fourth-order valence-electron chi connectivity index (χ4n) is 4.26. The lowest BCUT2D eigenvalue weighted by molar-refractivity contribution is 0.300. The molecule has 0 amide bonds. The summed E-state index contributed by atoms with van der Waals surface area (Å²) in [7, 11) is 1.59. The van der Waals surface area contributed by atoms with Gasteiger partial charge in [0.05, 0.1) is 29.6 Å². The van der Waals surface area contributed by atoms with E-state index in [2.05, 4.69) is 5.10 Å². The summed E-state index contributed by atoms with van der Waals surface area (Å²) in [6.07, 6.45) is 1.56. The average molecular weight is 520 g/mol. The molecule has 6 aromatic rings. The lowest BCUT2D eigenvalue weighted by atomic mass is 10.2. The first-order chi connectivity index (χ1) is 19.1. The number of hydrogen-bond acceptors (Lipinski definition) is 6. The molecule has 0 saturated heterocycles. The van der Waals surface area contributed by atoms with Gasteiger partial charge in [0, 0.05) is 5.56 Å². The highest BCUT2D eigenvalue weighted by Crippen LogP contribution is 2.32. The van der Waals surface area contributed by atoms with Crippen LogP contribution in [0.2, 0.25) is 0 Å². The minimum Gasteiger partial charge on any atom is -0.496 e. The van der Waals surface area contributed by atoms with E-state index in [9.17, 15) is 9.18 Å². The highest BCUT2D eigenvalue weighted by molar-refractivity contribution is 5.88. The Kier molecular flexibility index (Phi) is 6.34. The molecule has 39 heavy (non-hydrogen) atoms. The van der Waals surface area contributed by atoms with Crippen molar-refractivity contribution in [3.8, 4) is 23.1 Å². The maximum absolute atomic E-state index is 13.9. The summed E-state index contributed by atoms with van der Waals surface area (Å²) in [5.41, 5.74) is 2.01. The largest absolute Gasteiger partial charge is 0.496 e. The van der Waals surface area contributed by atoms with Gasteiger partial charge in [0.2, 0.25) is 5.82 Å². The van der Waals surface area contributed by atoms with Crippen molar-refractivity contribution in [3.05, 3.63) is 124 Å². The minimum absolute atomic E-state index is 0.115. The molecule has 8 heteroatoms. The number of ether oxygens (including phenoxy) is 2. The number of furan rings is 1. The van der Waals surface area contributed by atoms with Gasteiger partial charge >= 0.3 is 0 Å². The Morgan fingerprint density at radius 2 is 1.74 bits per heavy atom. The molecule has 0 bridgehead atoms. The van der Waals surface area contributed by atoms with Gasteiger partial charge in [0.15, 0.2) is 5.76 Å². The van der Waals surface area contributed by atoms with Crippen LogP contribution in [0.25, 0.3) is 33.5 Å². The third-order valence-corrected chi connectivity index (χ3v) is 6.27. The van der Waals surface area contributed by atoms with Crippen LogP contribution in [0.5, 0.6) is 11.5 Å². The van der Waals surface area contributed by atoms with Crippen LogP contribution in [0.1, 0.15) is 11.1 Å². The van der Waals surface area contributed by atoms with Crippen molar-refractivity contribution in [2.75, 3.05) is 7.11 Å². The van der Waals surface area contributed by atoms with Crippen molar-refractivity contribution >= 4 is 28.1 Å². The topological polar surface area (TPSA) is 78.9 Å². The second kappa shape index (κ2) is 10.3. The first-order valence-corrected chi connectivity index (χ1v) is 12.2.